The minimum atomic E-state index is -0.297. The van der Waals surface area contributed by atoms with Crippen LogP contribution in [-0.2, 0) is 6.54 Å². The Labute approximate surface area is 183 Å². The van der Waals surface area contributed by atoms with Crippen molar-refractivity contribution in [2.24, 2.45) is 0 Å². The van der Waals surface area contributed by atoms with Crippen LogP contribution in [0.5, 0.6) is 0 Å². The van der Waals surface area contributed by atoms with Gasteiger partial charge in [-0.05, 0) is 42.7 Å². The van der Waals surface area contributed by atoms with E-state index in [1.165, 1.54) is 23.5 Å². The van der Waals surface area contributed by atoms with Crippen LogP contribution in [0.15, 0.2) is 54.6 Å². The van der Waals surface area contributed by atoms with Crippen LogP contribution in [0.4, 0.5) is 14.9 Å². The van der Waals surface area contributed by atoms with Crippen molar-refractivity contribution in [2.75, 3.05) is 18.4 Å². The van der Waals surface area contributed by atoms with E-state index >= 15 is 0 Å². The predicted molar refractivity (Wildman–Crippen MR) is 116 cm³/mol. The van der Waals surface area contributed by atoms with Crippen LogP contribution in [0.25, 0.3) is 0 Å². The van der Waals surface area contributed by atoms with Gasteiger partial charge in [0.1, 0.15) is 10.8 Å². The highest BCUT2D eigenvalue weighted by Gasteiger charge is 2.27. The van der Waals surface area contributed by atoms with Crippen molar-refractivity contribution in [1.29, 1.82) is 0 Å². The van der Waals surface area contributed by atoms with E-state index in [9.17, 15) is 14.0 Å². The van der Waals surface area contributed by atoms with Gasteiger partial charge >= 0.3 is 6.03 Å². The summed E-state index contributed by atoms with van der Waals surface area (Å²) in [4.78, 5) is 26.6. The Balaban J connectivity index is 1.26. The summed E-state index contributed by atoms with van der Waals surface area (Å²) in [5, 5.41) is 15.1. The van der Waals surface area contributed by atoms with Crippen molar-refractivity contribution in [3.8, 4) is 0 Å². The Morgan fingerprint density at radius 1 is 1.03 bits per heavy atom. The second kappa shape index (κ2) is 9.65. The normalized spacial score (nSPS) is 14.3. The Kier molecular flexibility index (Phi) is 6.51. The number of aromatic nitrogens is 2. The number of amides is 3. The fourth-order valence-electron chi connectivity index (χ4n) is 3.42. The van der Waals surface area contributed by atoms with E-state index in [0.717, 1.165) is 23.4 Å². The maximum absolute atomic E-state index is 13.0. The fraction of sp³-hybridized carbons (Fsp3) is 0.273. The van der Waals surface area contributed by atoms with Gasteiger partial charge < -0.3 is 15.5 Å². The highest BCUT2D eigenvalue weighted by molar-refractivity contribution is 7.13. The molecule has 0 radical (unpaired) electrons. The average molecular weight is 440 g/mol. The summed E-state index contributed by atoms with van der Waals surface area (Å²) >= 11 is 1.30. The van der Waals surface area contributed by atoms with Crippen LogP contribution in [0, 0.1) is 5.82 Å². The molecule has 0 unspecified atom stereocenters. The lowest BCUT2D eigenvalue weighted by Crippen LogP contribution is -2.43. The SMILES string of the molecule is O=C(Nc1ccccc1)c1nnc(C2CCN(C(=O)NCc3ccc(F)cc3)CC2)s1. The van der Waals surface area contributed by atoms with Crippen LogP contribution in [0.3, 0.4) is 0 Å². The summed E-state index contributed by atoms with van der Waals surface area (Å²) in [7, 11) is 0. The number of hydrogen-bond acceptors (Lipinski definition) is 5. The standard InChI is InChI=1S/C22H22FN5O2S/c23-17-8-6-15(7-9-17)14-24-22(30)28-12-10-16(11-13-28)20-26-27-21(31-20)19(29)25-18-4-2-1-3-5-18/h1-9,16H,10-14H2,(H,24,30)(H,25,29). The third-order valence-corrected chi connectivity index (χ3v) is 6.24. The fourth-order valence-corrected chi connectivity index (χ4v) is 4.33. The lowest BCUT2D eigenvalue weighted by Gasteiger charge is -2.31. The third-order valence-electron chi connectivity index (χ3n) is 5.15. The number of likely N-dealkylation sites (tertiary alicyclic amines) is 1. The molecule has 0 aliphatic carbocycles. The van der Waals surface area contributed by atoms with Gasteiger partial charge in [0.25, 0.3) is 5.91 Å². The minimum absolute atomic E-state index is 0.136. The number of halogens is 1. The van der Waals surface area contributed by atoms with Gasteiger partial charge in [-0.1, -0.05) is 41.7 Å². The Morgan fingerprint density at radius 2 is 1.74 bits per heavy atom. The molecule has 9 heteroatoms. The van der Waals surface area contributed by atoms with E-state index in [0.29, 0.717) is 30.3 Å². The molecule has 2 heterocycles. The number of hydrogen-bond donors (Lipinski definition) is 2. The molecule has 7 nitrogen and oxygen atoms in total. The van der Waals surface area contributed by atoms with Gasteiger partial charge in [0, 0.05) is 31.2 Å². The number of carbonyl (C=O) groups is 2. The smallest absolute Gasteiger partial charge is 0.317 e. The first-order valence-corrected chi connectivity index (χ1v) is 10.9. The molecule has 1 aromatic heterocycles. The number of benzene rings is 2. The maximum atomic E-state index is 13.0. The summed E-state index contributed by atoms with van der Waals surface area (Å²) in [5.41, 5.74) is 1.56. The highest BCUT2D eigenvalue weighted by atomic mass is 32.1. The molecule has 1 aliphatic heterocycles. The molecule has 0 saturated carbocycles. The molecule has 2 aromatic carbocycles. The van der Waals surface area contributed by atoms with Gasteiger partial charge in [0.2, 0.25) is 5.01 Å². The number of anilines is 1. The summed E-state index contributed by atoms with van der Waals surface area (Å²) in [6, 6.07) is 15.2. The van der Waals surface area contributed by atoms with E-state index in [-0.39, 0.29) is 23.7 Å². The quantitative estimate of drug-likeness (QED) is 0.629. The third kappa shape index (κ3) is 5.43. The highest BCUT2D eigenvalue weighted by Crippen LogP contribution is 2.30. The van der Waals surface area contributed by atoms with E-state index in [4.69, 9.17) is 0 Å². The van der Waals surface area contributed by atoms with Crippen LogP contribution in [-0.4, -0.2) is 40.1 Å². The summed E-state index contributed by atoms with van der Waals surface area (Å²) in [5.74, 6) is -0.390. The van der Waals surface area contributed by atoms with Crippen molar-refractivity contribution in [3.05, 3.63) is 76.0 Å². The van der Waals surface area contributed by atoms with Crippen molar-refractivity contribution in [3.63, 3.8) is 0 Å². The molecule has 3 aromatic rings. The number of nitrogens with one attached hydrogen (secondary N) is 2. The molecule has 1 saturated heterocycles. The van der Waals surface area contributed by atoms with Gasteiger partial charge in [-0.15, -0.1) is 10.2 Å². The zero-order chi connectivity index (χ0) is 21.6. The zero-order valence-electron chi connectivity index (χ0n) is 16.8. The van der Waals surface area contributed by atoms with Crippen LogP contribution < -0.4 is 10.6 Å². The van der Waals surface area contributed by atoms with Gasteiger partial charge in [0.05, 0.1) is 0 Å². The Bertz CT molecular complexity index is 1030. The molecule has 1 aliphatic rings. The van der Waals surface area contributed by atoms with Gasteiger partial charge in [0.15, 0.2) is 0 Å². The molecule has 0 atom stereocenters. The Morgan fingerprint density at radius 3 is 2.45 bits per heavy atom. The number of nitrogens with zero attached hydrogens (tertiary/aromatic N) is 3. The molecule has 0 spiro atoms. The molecule has 1 fully saturated rings. The molecular formula is C22H22FN5O2S. The second-order valence-corrected chi connectivity index (χ2v) is 8.32. The van der Waals surface area contributed by atoms with E-state index in [1.54, 1.807) is 17.0 Å². The topological polar surface area (TPSA) is 87.2 Å². The monoisotopic (exact) mass is 439 g/mol. The maximum Gasteiger partial charge on any atom is 0.317 e. The minimum Gasteiger partial charge on any atom is -0.334 e. The van der Waals surface area contributed by atoms with Gasteiger partial charge in [-0.3, -0.25) is 4.79 Å². The summed E-state index contributed by atoms with van der Waals surface area (Å²) < 4.78 is 13.0. The molecular weight excluding hydrogens is 417 g/mol. The summed E-state index contributed by atoms with van der Waals surface area (Å²) in [6.45, 7) is 1.56. The molecule has 4 rings (SSSR count). The largest absolute Gasteiger partial charge is 0.334 e. The van der Waals surface area contributed by atoms with E-state index in [1.807, 2.05) is 30.3 Å². The van der Waals surface area contributed by atoms with E-state index < -0.39 is 0 Å². The van der Waals surface area contributed by atoms with Crippen LogP contribution in [0.1, 0.15) is 39.1 Å². The molecule has 3 amide bonds. The number of rotatable bonds is 5. The number of carbonyl (C=O) groups excluding carboxylic acids is 2. The first kappa shape index (κ1) is 20.9. The molecule has 0 bridgehead atoms. The number of piperidine rings is 1. The zero-order valence-corrected chi connectivity index (χ0v) is 17.6. The van der Waals surface area contributed by atoms with Crippen molar-refractivity contribution in [2.45, 2.75) is 25.3 Å². The molecule has 2 N–H and O–H groups in total. The van der Waals surface area contributed by atoms with Gasteiger partial charge in [-0.2, -0.15) is 0 Å². The lowest BCUT2D eigenvalue weighted by atomic mass is 9.98. The second-order valence-electron chi connectivity index (χ2n) is 7.31. The van der Waals surface area contributed by atoms with Crippen LogP contribution in [0.2, 0.25) is 0 Å². The number of urea groups is 1. The first-order chi connectivity index (χ1) is 15.1. The van der Waals surface area contributed by atoms with Crippen molar-refractivity contribution < 1.29 is 14.0 Å². The van der Waals surface area contributed by atoms with E-state index in [2.05, 4.69) is 20.8 Å². The van der Waals surface area contributed by atoms with Crippen molar-refractivity contribution >= 4 is 29.0 Å². The Hall–Kier alpha value is -3.33. The van der Waals surface area contributed by atoms with Gasteiger partial charge in [-0.25, -0.2) is 9.18 Å². The predicted octanol–water partition coefficient (Wildman–Crippen LogP) is 4.02. The molecule has 160 valence electrons. The first-order valence-electron chi connectivity index (χ1n) is 10.1. The van der Waals surface area contributed by atoms with Crippen LogP contribution >= 0.6 is 11.3 Å². The summed E-state index contributed by atoms with van der Waals surface area (Å²) in [6.07, 6.45) is 1.53. The number of para-hydroxylation sites is 1. The van der Waals surface area contributed by atoms with Crippen molar-refractivity contribution in [1.82, 2.24) is 20.4 Å². The lowest BCUT2D eigenvalue weighted by molar-refractivity contribution is 0.102. The average Bonchev–Trinajstić information content (AvgIpc) is 3.30. The molecule has 31 heavy (non-hydrogen) atoms.